The minimum Gasteiger partial charge on any atom is -0.329 e. The van der Waals surface area contributed by atoms with Gasteiger partial charge in [-0.15, -0.1) is 0 Å². The summed E-state index contributed by atoms with van der Waals surface area (Å²) >= 11 is 1.31. The van der Waals surface area contributed by atoms with Crippen LogP contribution < -0.4 is 11.1 Å². The fraction of sp³-hybridized carbons (Fsp3) is 0.450. The van der Waals surface area contributed by atoms with Crippen molar-refractivity contribution < 1.29 is 14.0 Å². The summed E-state index contributed by atoms with van der Waals surface area (Å²) in [5.74, 6) is -0.760. The van der Waals surface area contributed by atoms with Gasteiger partial charge in [0.05, 0.1) is 10.9 Å². The maximum Gasteiger partial charge on any atom is 0.248 e. The van der Waals surface area contributed by atoms with E-state index in [1.165, 1.54) is 23.5 Å². The number of halogens is 1. The van der Waals surface area contributed by atoms with Crippen molar-refractivity contribution >= 4 is 28.3 Å². The predicted octanol–water partition coefficient (Wildman–Crippen LogP) is 3.25. The molecular formula is C20H25FN4O2S. The number of aromatic nitrogens is 1. The van der Waals surface area contributed by atoms with Gasteiger partial charge in [0.1, 0.15) is 11.9 Å². The molecule has 1 fully saturated rings. The molecule has 2 heterocycles. The molecule has 0 saturated carbocycles. The van der Waals surface area contributed by atoms with Crippen molar-refractivity contribution in [2.75, 3.05) is 11.9 Å². The first-order valence-corrected chi connectivity index (χ1v) is 10.1. The molecule has 0 bridgehead atoms. The maximum atomic E-state index is 13.1. The third kappa shape index (κ3) is 4.39. The van der Waals surface area contributed by atoms with Gasteiger partial charge in [-0.05, 0) is 36.0 Å². The van der Waals surface area contributed by atoms with Gasteiger partial charge in [-0.2, -0.15) is 0 Å². The molecule has 1 saturated heterocycles. The summed E-state index contributed by atoms with van der Waals surface area (Å²) in [6.45, 7) is 6.26. The highest BCUT2D eigenvalue weighted by Crippen LogP contribution is 2.30. The van der Waals surface area contributed by atoms with Gasteiger partial charge in [0.15, 0.2) is 5.13 Å². The largest absolute Gasteiger partial charge is 0.329 e. The van der Waals surface area contributed by atoms with Crippen molar-refractivity contribution in [3.8, 4) is 10.4 Å². The molecule has 0 aliphatic carbocycles. The monoisotopic (exact) mass is 404 g/mol. The Morgan fingerprint density at radius 3 is 2.64 bits per heavy atom. The van der Waals surface area contributed by atoms with Crippen LogP contribution in [0, 0.1) is 11.2 Å². The van der Waals surface area contributed by atoms with Gasteiger partial charge in [0, 0.05) is 12.7 Å². The van der Waals surface area contributed by atoms with E-state index < -0.39 is 12.1 Å². The molecular weight excluding hydrogens is 379 g/mol. The van der Waals surface area contributed by atoms with E-state index in [2.05, 4.69) is 10.3 Å². The third-order valence-corrected chi connectivity index (χ3v) is 5.86. The first kappa shape index (κ1) is 20.4. The van der Waals surface area contributed by atoms with Crippen LogP contribution in [0.1, 0.15) is 33.6 Å². The quantitative estimate of drug-likeness (QED) is 0.819. The number of hydrogen-bond donors (Lipinski definition) is 2. The number of nitrogens with one attached hydrogen (secondary N) is 1. The van der Waals surface area contributed by atoms with E-state index in [1.54, 1.807) is 23.2 Å². The molecule has 150 valence electrons. The lowest BCUT2D eigenvalue weighted by Gasteiger charge is -2.32. The predicted molar refractivity (Wildman–Crippen MR) is 108 cm³/mol. The standard InChI is InChI=1S/C20H25FN4O2S/c1-20(2,3)16(22)18(27)25-10-4-5-14(25)17(26)24-19-23-11-15(28-19)12-6-8-13(21)9-7-12/h6-9,11,14,16H,4-5,10,22H2,1-3H3,(H,23,24,26)/t14-,16+/m0/s1. The fourth-order valence-electron chi connectivity index (χ4n) is 3.12. The highest BCUT2D eigenvalue weighted by atomic mass is 32.1. The van der Waals surface area contributed by atoms with Crippen LogP contribution in [0.15, 0.2) is 30.5 Å². The Balaban J connectivity index is 1.69. The molecule has 1 aliphatic heterocycles. The Labute approximate surface area is 167 Å². The van der Waals surface area contributed by atoms with E-state index in [4.69, 9.17) is 5.73 Å². The number of anilines is 1. The zero-order valence-corrected chi connectivity index (χ0v) is 17.1. The Hall–Kier alpha value is -2.32. The third-order valence-electron chi connectivity index (χ3n) is 4.90. The Morgan fingerprint density at radius 2 is 2.00 bits per heavy atom. The lowest BCUT2D eigenvalue weighted by molar-refractivity contribution is -0.139. The topological polar surface area (TPSA) is 88.3 Å². The Morgan fingerprint density at radius 1 is 1.32 bits per heavy atom. The number of hydrogen-bond acceptors (Lipinski definition) is 5. The molecule has 28 heavy (non-hydrogen) atoms. The molecule has 3 N–H and O–H groups in total. The Bertz CT molecular complexity index is 860. The molecule has 0 spiro atoms. The fourth-order valence-corrected chi connectivity index (χ4v) is 3.95. The van der Waals surface area contributed by atoms with Crippen LogP contribution in [-0.4, -0.2) is 40.3 Å². The van der Waals surface area contributed by atoms with Crippen LogP contribution in [0.2, 0.25) is 0 Å². The van der Waals surface area contributed by atoms with Gasteiger partial charge in [0.2, 0.25) is 11.8 Å². The van der Waals surface area contributed by atoms with E-state index >= 15 is 0 Å². The lowest BCUT2D eigenvalue weighted by Crippen LogP contribution is -2.54. The van der Waals surface area contributed by atoms with Crippen molar-refractivity contribution in [1.82, 2.24) is 9.88 Å². The summed E-state index contributed by atoms with van der Waals surface area (Å²) in [5, 5.41) is 3.26. The first-order valence-electron chi connectivity index (χ1n) is 9.25. The van der Waals surface area contributed by atoms with Gasteiger partial charge in [-0.25, -0.2) is 9.37 Å². The normalized spacial score (nSPS) is 18.2. The molecule has 1 aromatic carbocycles. The van der Waals surface area contributed by atoms with E-state index in [-0.39, 0.29) is 23.0 Å². The molecule has 2 atom stereocenters. The molecule has 0 unspecified atom stereocenters. The van der Waals surface area contributed by atoms with Gasteiger partial charge < -0.3 is 16.0 Å². The molecule has 1 aromatic heterocycles. The summed E-state index contributed by atoms with van der Waals surface area (Å²) in [6.07, 6.45) is 3.00. The molecule has 6 nitrogen and oxygen atoms in total. The second kappa shape index (κ2) is 7.97. The minimum absolute atomic E-state index is 0.198. The average Bonchev–Trinajstić information content (AvgIpc) is 3.29. The summed E-state index contributed by atoms with van der Waals surface area (Å²) in [7, 11) is 0. The van der Waals surface area contributed by atoms with Crippen LogP contribution >= 0.6 is 11.3 Å². The molecule has 2 amide bonds. The number of likely N-dealkylation sites (tertiary alicyclic amines) is 1. The molecule has 2 aromatic rings. The van der Waals surface area contributed by atoms with Gasteiger partial charge in [-0.1, -0.05) is 44.2 Å². The van der Waals surface area contributed by atoms with Crippen molar-refractivity contribution in [3.63, 3.8) is 0 Å². The van der Waals surface area contributed by atoms with E-state index in [1.807, 2.05) is 20.8 Å². The highest BCUT2D eigenvalue weighted by molar-refractivity contribution is 7.19. The summed E-state index contributed by atoms with van der Waals surface area (Å²) in [4.78, 5) is 32.2. The van der Waals surface area contributed by atoms with Gasteiger partial charge in [-0.3, -0.25) is 9.59 Å². The van der Waals surface area contributed by atoms with E-state index in [0.29, 0.717) is 18.1 Å². The van der Waals surface area contributed by atoms with Gasteiger partial charge in [0.25, 0.3) is 0 Å². The molecule has 0 radical (unpaired) electrons. The Kier molecular flexibility index (Phi) is 5.81. The average molecular weight is 405 g/mol. The molecule has 3 rings (SSSR count). The second-order valence-corrected chi connectivity index (χ2v) is 9.09. The molecule has 1 aliphatic rings. The van der Waals surface area contributed by atoms with Crippen LogP contribution in [0.5, 0.6) is 0 Å². The number of carbonyl (C=O) groups is 2. The van der Waals surface area contributed by atoms with Gasteiger partial charge >= 0.3 is 0 Å². The number of carbonyl (C=O) groups excluding carboxylic acids is 2. The SMILES string of the molecule is CC(C)(C)[C@H](N)C(=O)N1CCC[C@H]1C(=O)Nc1ncc(-c2ccc(F)cc2)s1. The van der Waals surface area contributed by atoms with Crippen molar-refractivity contribution in [1.29, 1.82) is 0 Å². The minimum atomic E-state index is -0.661. The van der Waals surface area contributed by atoms with Crippen LogP contribution in [-0.2, 0) is 9.59 Å². The first-order chi connectivity index (χ1) is 13.2. The molecule has 8 heteroatoms. The highest BCUT2D eigenvalue weighted by Gasteiger charge is 2.39. The number of nitrogens with two attached hydrogens (primary N) is 1. The zero-order chi connectivity index (χ0) is 20.5. The van der Waals surface area contributed by atoms with E-state index in [9.17, 15) is 14.0 Å². The number of benzene rings is 1. The maximum absolute atomic E-state index is 13.1. The van der Waals surface area contributed by atoms with Crippen LogP contribution in [0.25, 0.3) is 10.4 Å². The summed E-state index contributed by atoms with van der Waals surface area (Å²) in [5.41, 5.74) is 6.56. The van der Waals surface area contributed by atoms with Crippen LogP contribution in [0.4, 0.5) is 9.52 Å². The zero-order valence-electron chi connectivity index (χ0n) is 16.2. The number of amides is 2. The number of rotatable bonds is 4. The van der Waals surface area contributed by atoms with Crippen molar-refractivity contribution in [2.45, 2.75) is 45.7 Å². The number of nitrogens with zero attached hydrogens (tertiary/aromatic N) is 2. The lowest BCUT2D eigenvalue weighted by atomic mass is 9.86. The van der Waals surface area contributed by atoms with Crippen molar-refractivity contribution in [2.24, 2.45) is 11.1 Å². The summed E-state index contributed by atoms with van der Waals surface area (Å²) < 4.78 is 13.1. The smallest absolute Gasteiger partial charge is 0.248 e. The van der Waals surface area contributed by atoms with E-state index in [0.717, 1.165) is 16.9 Å². The second-order valence-electron chi connectivity index (χ2n) is 8.06. The van der Waals surface area contributed by atoms with Crippen molar-refractivity contribution in [3.05, 3.63) is 36.3 Å². The van der Waals surface area contributed by atoms with Crippen LogP contribution in [0.3, 0.4) is 0 Å². The summed E-state index contributed by atoms with van der Waals surface area (Å²) in [6, 6.07) is 4.89. The number of thiazole rings is 1.